The van der Waals surface area contributed by atoms with Gasteiger partial charge in [-0.15, -0.1) is 9.81 Å². The number of nitroso groups, excluding NO2 is 2. The van der Waals surface area contributed by atoms with Gasteiger partial charge in [-0.1, -0.05) is 0 Å². The standard InChI is InChI=1S/C7H12N2O3/c10-6-2-1-4-7(8-11,9-12)5-3-6/h6,10H,1-5H2. The van der Waals surface area contributed by atoms with Crippen LogP contribution in [0.15, 0.2) is 10.4 Å². The largest absolute Gasteiger partial charge is 0.393 e. The van der Waals surface area contributed by atoms with E-state index in [2.05, 4.69) is 10.4 Å². The van der Waals surface area contributed by atoms with E-state index in [1.54, 1.807) is 0 Å². The van der Waals surface area contributed by atoms with Crippen LogP contribution in [0.1, 0.15) is 32.1 Å². The molecule has 1 fully saturated rings. The lowest BCUT2D eigenvalue weighted by Gasteiger charge is -2.13. The van der Waals surface area contributed by atoms with E-state index >= 15 is 0 Å². The molecule has 0 spiro atoms. The molecule has 68 valence electrons. The summed E-state index contributed by atoms with van der Waals surface area (Å²) in [6, 6.07) is 0. The summed E-state index contributed by atoms with van der Waals surface area (Å²) < 4.78 is 0. The zero-order valence-electron chi connectivity index (χ0n) is 6.77. The molecule has 0 amide bonds. The van der Waals surface area contributed by atoms with Crippen molar-refractivity contribution in [1.29, 1.82) is 0 Å². The summed E-state index contributed by atoms with van der Waals surface area (Å²) in [5, 5.41) is 14.7. The van der Waals surface area contributed by atoms with E-state index < -0.39 is 11.8 Å². The zero-order chi connectivity index (χ0) is 9.03. The second-order valence-corrected chi connectivity index (χ2v) is 3.25. The highest BCUT2D eigenvalue weighted by molar-refractivity contribution is 4.88. The normalized spacial score (nSPS) is 28.9. The first kappa shape index (κ1) is 9.25. The highest BCUT2D eigenvalue weighted by Crippen LogP contribution is 2.31. The maximum atomic E-state index is 10.3. The number of nitrogens with zero attached hydrogens (tertiary/aromatic N) is 2. The third kappa shape index (κ3) is 1.85. The highest BCUT2D eigenvalue weighted by Gasteiger charge is 2.35. The van der Waals surface area contributed by atoms with Crippen LogP contribution in [0, 0.1) is 9.81 Å². The van der Waals surface area contributed by atoms with Gasteiger partial charge < -0.3 is 5.11 Å². The van der Waals surface area contributed by atoms with Gasteiger partial charge in [0.05, 0.1) is 6.10 Å². The SMILES string of the molecule is O=NC1(N=O)CCCC(O)CC1. The molecule has 0 aromatic rings. The Labute approximate surface area is 70.1 Å². The van der Waals surface area contributed by atoms with Gasteiger partial charge in [0.2, 0.25) is 5.66 Å². The Morgan fingerprint density at radius 3 is 2.42 bits per heavy atom. The second kappa shape index (κ2) is 3.71. The van der Waals surface area contributed by atoms with Crippen molar-refractivity contribution in [3.05, 3.63) is 9.81 Å². The van der Waals surface area contributed by atoms with E-state index in [1.807, 2.05) is 0 Å². The topological polar surface area (TPSA) is 79.1 Å². The van der Waals surface area contributed by atoms with Crippen LogP contribution in [0.25, 0.3) is 0 Å². The van der Waals surface area contributed by atoms with Crippen molar-refractivity contribution in [2.24, 2.45) is 10.4 Å². The van der Waals surface area contributed by atoms with Gasteiger partial charge in [0, 0.05) is 6.42 Å². The molecule has 1 rings (SSSR count). The molecule has 1 unspecified atom stereocenters. The van der Waals surface area contributed by atoms with Crippen molar-refractivity contribution < 1.29 is 5.11 Å². The van der Waals surface area contributed by atoms with Crippen molar-refractivity contribution in [2.75, 3.05) is 0 Å². The minimum absolute atomic E-state index is 0.279. The van der Waals surface area contributed by atoms with Crippen LogP contribution in [0.4, 0.5) is 0 Å². The average Bonchev–Trinajstić information content (AvgIpc) is 2.28. The minimum atomic E-state index is -1.29. The van der Waals surface area contributed by atoms with Crippen LogP contribution < -0.4 is 0 Å². The van der Waals surface area contributed by atoms with Crippen molar-refractivity contribution >= 4 is 0 Å². The van der Waals surface area contributed by atoms with Gasteiger partial charge >= 0.3 is 0 Å². The van der Waals surface area contributed by atoms with Crippen molar-refractivity contribution in [2.45, 2.75) is 43.9 Å². The predicted molar refractivity (Wildman–Crippen MR) is 43.4 cm³/mol. The van der Waals surface area contributed by atoms with Gasteiger partial charge in [0.15, 0.2) is 0 Å². The molecule has 5 heteroatoms. The fraction of sp³-hybridized carbons (Fsp3) is 1.00. The first-order valence-corrected chi connectivity index (χ1v) is 4.09. The number of rotatable bonds is 2. The molecule has 0 aliphatic heterocycles. The Kier molecular flexibility index (Phi) is 2.86. The molecule has 0 saturated heterocycles. The summed E-state index contributed by atoms with van der Waals surface area (Å²) in [6.45, 7) is 0. The summed E-state index contributed by atoms with van der Waals surface area (Å²) in [4.78, 5) is 20.7. The van der Waals surface area contributed by atoms with Gasteiger partial charge in [-0.2, -0.15) is 0 Å². The van der Waals surface area contributed by atoms with Crippen molar-refractivity contribution in [3.8, 4) is 0 Å². The maximum absolute atomic E-state index is 10.3. The first-order chi connectivity index (χ1) is 5.72. The Morgan fingerprint density at radius 1 is 1.17 bits per heavy atom. The molecule has 0 bridgehead atoms. The maximum Gasteiger partial charge on any atom is 0.232 e. The first-order valence-electron chi connectivity index (χ1n) is 4.09. The molecule has 1 saturated carbocycles. The molecule has 1 atom stereocenters. The summed E-state index contributed by atoms with van der Waals surface area (Å²) >= 11 is 0. The quantitative estimate of drug-likeness (QED) is 0.506. The van der Waals surface area contributed by atoms with Crippen LogP contribution in [-0.4, -0.2) is 16.9 Å². The van der Waals surface area contributed by atoms with E-state index in [0.717, 1.165) is 0 Å². The Morgan fingerprint density at radius 2 is 1.83 bits per heavy atom. The summed E-state index contributed by atoms with van der Waals surface area (Å²) in [5.74, 6) is 0. The molecule has 1 aliphatic rings. The van der Waals surface area contributed by atoms with E-state index in [1.165, 1.54) is 0 Å². The third-order valence-corrected chi connectivity index (χ3v) is 2.33. The number of aliphatic hydroxyl groups excluding tert-OH is 1. The minimum Gasteiger partial charge on any atom is -0.393 e. The van der Waals surface area contributed by atoms with Gasteiger partial charge in [-0.3, -0.25) is 0 Å². The Bertz CT molecular complexity index is 175. The third-order valence-electron chi connectivity index (χ3n) is 2.33. The van der Waals surface area contributed by atoms with E-state index in [0.29, 0.717) is 25.7 Å². The summed E-state index contributed by atoms with van der Waals surface area (Å²) in [6.07, 6.45) is 1.96. The number of hydrogen-bond acceptors (Lipinski definition) is 5. The molecule has 1 N–H and O–H groups in total. The molecule has 12 heavy (non-hydrogen) atoms. The number of aliphatic hydroxyl groups is 1. The highest BCUT2D eigenvalue weighted by atomic mass is 16.3. The van der Waals surface area contributed by atoms with E-state index in [-0.39, 0.29) is 6.42 Å². The fourth-order valence-corrected chi connectivity index (χ4v) is 1.49. The molecular formula is C7H12N2O3. The molecule has 5 nitrogen and oxygen atoms in total. The van der Waals surface area contributed by atoms with Gasteiger partial charge in [0.1, 0.15) is 0 Å². The Balaban J connectivity index is 2.64. The van der Waals surface area contributed by atoms with Gasteiger partial charge in [-0.25, -0.2) is 0 Å². The van der Waals surface area contributed by atoms with Crippen LogP contribution in [-0.2, 0) is 0 Å². The van der Waals surface area contributed by atoms with Crippen molar-refractivity contribution in [1.82, 2.24) is 0 Å². The molecule has 0 heterocycles. The average molecular weight is 172 g/mol. The van der Waals surface area contributed by atoms with Gasteiger partial charge in [-0.05, 0) is 36.0 Å². The van der Waals surface area contributed by atoms with Crippen LogP contribution in [0.3, 0.4) is 0 Å². The number of hydrogen-bond donors (Lipinski definition) is 1. The smallest absolute Gasteiger partial charge is 0.232 e. The lowest BCUT2D eigenvalue weighted by molar-refractivity contribution is 0.155. The molecule has 1 aliphatic carbocycles. The second-order valence-electron chi connectivity index (χ2n) is 3.25. The molecule has 0 radical (unpaired) electrons. The van der Waals surface area contributed by atoms with Gasteiger partial charge in [0.25, 0.3) is 0 Å². The van der Waals surface area contributed by atoms with E-state index in [9.17, 15) is 14.9 Å². The van der Waals surface area contributed by atoms with Crippen LogP contribution in [0.5, 0.6) is 0 Å². The molecule has 0 aromatic heterocycles. The monoisotopic (exact) mass is 172 g/mol. The Hall–Kier alpha value is -0.840. The zero-order valence-corrected chi connectivity index (χ0v) is 6.77. The van der Waals surface area contributed by atoms with Crippen LogP contribution >= 0.6 is 0 Å². The lowest BCUT2D eigenvalue weighted by atomic mass is 10.0. The van der Waals surface area contributed by atoms with E-state index in [4.69, 9.17) is 0 Å². The lowest BCUT2D eigenvalue weighted by Crippen LogP contribution is -2.21. The molecule has 0 aromatic carbocycles. The predicted octanol–water partition coefficient (Wildman–Crippen LogP) is 1.54. The van der Waals surface area contributed by atoms with Crippen LogP contribution in [0.2, 0.25) is 0 Å². The fourth-order valence-electron chi connectivity index (χ4n) is 1.49. The summed E-state index contributed by atoms with van der Waals surface area (Å²) in [7, 11) is 0. The van der Waals surface area contributed by atoms with Crippen molar-refractivity contribution in [3.63, 3.8) is 0 Å². The summed E-state index contributed by atoms with van der Waals surface area (Å²) in [5.41, 5.74) is -1.29. The molecular weight excluding hydrogens is 160 g/mol.